The Morgan fingerprint density at radius 3 is 2.57 bits per heavy atom. The quantitative estimate of drug-likeness (QED) is 0.209. The summed E-state index contributed by atoms with van der Waals surface area (Å²) in [4.78, 5) is 47.1. The number of fused-ring (bicyclic) bond motifs is 1. The van der Waals surface area contributed by atoms with Crippen LogP contribution in [0.3, 0.4) is 0 Å². The molecule has 0 saturated carbocycles. The number of thiazole rings is 1. The molecule has 53 heavy (non-hydrogen) atoms. The van der Waals surface area contributed by atoms with Gasteiger partial charge in [0.05, 0.1) is 24.1 Å². The first-order valence-corrected chi connectivity index (χ1v) is 19.0. The first-order valence-electron chi connectivity index (χ1n) is 18.2. The molecule has 2 fully saturated rings. The highest BCUT2D eigenvalue weighted by Crippen LogP contribution is 2.37. The van der Waals surface area contributed by atoms with E-state index in [0.717, 1.165) is 59.1 Å². The van der Waals surface area contributed by atoms with E-state index in [1.807, 2.05) is 77.3 Å². The fourth-order valence-electron chi connectivity index (χ4n) is 7.86. The lowest BCUT2D eigenvalue weighted by molar-refractivity contribution is -0.142. The zero-order valence-electron chi connectivity index (χ0n) is 29.7. The van der Waals surface area contributed by atoms with Gasteiger partial charge in [-0.1, -0.05) is 42.5 Å². The molecular formula is C41H43N7O4S. The zero-order chi connectivity index (χ0) is 36.5. The molecule has 4 aromatic heterocycles. The molecule has 2 N–H and O–H groups in total. The average Bonchev–Trinajstić information content (AvgIpc) is 3.85. The summed E-state index contributed by atoms with van der Waals surface area (Å²) in [6.07, 6.45) is 8.62. The van der Waals surface area contributed by atoms with Crippen molar-refractivity contribution in [3.63, 3.8) is 0 Å². The van der Waals surface area contributed by atoms with Crippen LogP contribution in [0.2, 0.25) is 0 Å². The third-order valence-corrected chi connectivity index (χ3v) is 11.9. The standard InChI is InChI=1S/C41H43N7O4S/c1-28-10-11-31(21-42-28)38-43-22-33(53-38)23-45-16-12-34(36(24-45)30-7-3-2-4-8-30)39(50)46-18-14-41(52,15-19-46)26-47-27-44-37-35(40(47)51)13-17-48(37)32-9-5-6-29(20-32)25-49/h2-11,13,17,20-22,27,34,36,49,52H,12,14-16,18-19,23-26H2,1H3/t34-,36+/m1/s1. The highest BCUT2D eigenvalue weighted by atomic mass is 32.1. The topological polar surface area (TPSA) is 130 Å². The Balaban J connectivity index is 0.927. The minimum absolute atomic E-state index is 0.0433. The van der Waals surface area contributed by atoms with E-state index in [1.54, 1.807) is 23.6 Å². The van der Waals surface area contributed by atoms with Crippen molar-refractivity contribution < 1.29 is 15.0 Å². The van der Waals surface area contributed by atoms with Crippen molar-refractivity contribution >= 4 is 28.3 Å². The van der Waals surface area contributed by atoms with E-state index in [9.17, 15) is 19.8 Å². The molecule has 0 aliphatic carbocycles. The minimum Gasteiger partial charge on any atom is -0.392 e. The number of aryl methyl sites for hydroxylation is 1. The molecule has 8 rings (SSSR count). The van der Waals surface area contributed by atoms with E-state index in [-0.39, 0.29) is 36.5 Å². The van der Waals surface area contributed by atoms with Gasteiger partial charge in [-0.3, -0.25) is 24.0 Å². The normalized spacial score (nSPS) is 19.1. The lowest BCUT2D eigenvalue weighted by Crippen LogP contribution is -2.53. The maximum Gasteiger partial charge on any atom is 0.262 e. The molecule has 2 aliphatic rings. The van der Waals surface area contributed by atoms with E-state index in [0.29, 0.717) is 37.0 Å². The minimum atomic E-state index is -1.14. The summed E-state index contributed by atoms with van der Waals surface area (Å²) in [5.41, 5.74) is 3.89. The van der Waals surface area contributed by atoms with Gasteiger partial charge < -0.3 is 19.7 Å². The van der Waals surface area contributed by atoms with Crippen molar-refractivity contribution in [3.05, 3.63) is 130 Å². The molecule has 2 aliphatic heterocycles. The van der Waals surface area contributed by atoms with E-state index >= 15 is 0 Å². The van der Waals surface area contributed by atoms with Crippen LogP contribution in [0.1, 0.15) is 46.9 Å². The molecule has 2 atom stereocenters. The number of likely N-dealkylation sites (tertiary alicyclic amines) is 2. The van der Waals surface area contributed by atoms with Gasteiger partial charge >= 0.3 is 0 Å². The second-order valence-electron chi connectivity index (χ2n) is 14.4. The average molecular weight is 730 g/mol. The van der Waals surface area contributed by atoms with Gasteiger partial charge in [-0.15, -0.1) is 11.3 Å². The van der Waals surface area contributed by atoms with Crippen molar-refractivity contribution in [2.75, 3.05) is 26.2 Å². The maximum atomic E-state index is 14.2. The van der Waals surface area contributed by atoms with Gasteiger partial charge in [-0.25, -0.2) is 9.97 Å². The van der Waals surface area contributed by atoms with Gasteiger partial charge in [0.15, 0.2) is 5.65 Å². The fourth-order valence-corrected chi connectivity index (χ4v) is 8.80. The fraction of sp³-hybridized carbons (Fsp3) is 0.341. The number of piperidine rings is 2. The van der Waals surface area contributed by atoms with Crippen molar-refractivity contribution in [1.82, 2.24) is 33.9 Å². The highest BCUT2D eigenvalue weighted by molar-refractivity contribution is 7.15. The van der Waals surface area contributed by atoms with Crippen LogP contribution in [0, 0.1) is 12.8 Å². The number of pyridine rings is 1. The molecule has 2 saturated heterocycles. The molecule has 0 radical (unpaired) electrons. The largest absolute Gasteiger partial charge is 0.392 e. The molecular weight excluding hydrogens is 687 g/mol. The van der Waals surface area contributed by atoms with E-state index in [1.165, 1.54) is 15.8 Å². The number of hydrogen-bond acceptors (Lipinski definition) is 9. The summed E-state index contributed by atoms with van der Waals surface area (Å²) in [5.74, 6) is 0.0212. The number of amides is 1. The molecule has 0 spiro atoms. The lowest BCUT2D eigenvalue weighted by atomic mass is 9.79. The third kappa shape index (κ3) is 7.32. The number of hydrogen-bond donors (Lipinski definition) is 2. The summed E-state index contributed by atoms with van der Waals surface area (Å²) in [6.45, 7) is 5.21. The molecule has 11 nitrogen and oxygen atoms in total. The lowest BCUT2D eigenvalue weighted by Gasteiger charge is -2.43. The van der Waals surface area contributed by atoms with Gasteiger partial charge in [-0.05, 0) is 74.2 Å². The van der Waals surface area contributed by atoms with Crippen LogP contribution >= 0.6 is 11.3 Å². The van der Waals surface area contributed by atoms with Gasteiger partial charge in [0.2, 0.25) is 5.91 Å². The molecule has 2 aromatic carbocycles. The number of rotatable bonds is 9. The van der Waals surface area contributed by atoms with Crippen LogP contribution in [-0.4, -0.2) is 81.8 Å². The second-order valence-corrected chi connectivity index (χ2v) is 15.6. The maximum absolute atomic E-state index is 14.2. The van der Waals surface area contributed by atoms with Crippen LogP contribution in [0.5, 0.6) is 0 Å². The SMILES string of the molecule is Cc1ccc(-c2ncc(CN3CC[C@@H](C(=O)N4CCC(O)(Cn5cnc6c(ccn6-c6cccc(CO)c6)c5=O)CC4)[C@H](c4ccccc4)C3)s2)cn1. The first-order chi connectivity index (χ1) is 25.8. The molecule has 12 heteroatoms. The predicted molar refractivity (Wildman–Crippen MR) is 205 cm³/mol. The van der Waals surface area contributed by atoms with Gasteiger partial charge in [-0.2, -0.15) is 0 Å². The zero-order valence-corrected chi connectivity index (χ0v) is 30.5. The number of aliphatic hydroxyl groups is 2. The molecule has 272 valence electrons. The Kier molecular flexibility index (Phi) is 9.78. The van der Waals surface area contributed by atoms with Gasteiger partial charge in [0.1, 0.15) is 11.3 Å². The number of nitrogens with zero attached hydrogens (tertiary/aromatic N) is 7. The van der Waals surface area contributed by atoms with Crippen molar-refractivity contribution in [2.24, 2.45) is 5.92 Å². The Labute approximate surface area is 311 Å². The van der Waals surface area contributed by atoms with Crippen LogP contribution in [0.15, 0.2) is 103 Å². The van der Waals surface area contributed by atoms with Gasteiger partial charge in [0.25, 0.3) is 5.56 Å². The smallest absolute Gasteiger partial charge is 0.262 e. The van der Waals surface area contributed by atoms with Crippen molar-refractivity contribution in [1.29, 1.82) is 0 Å². The molecule has 0 unspecified atom stereocenters. The van der Waals surface area contributed by atoms with Crippen LogP contribution in [-0.2, 0) is 24.5 Å². The number of benzene rings is 2. The Hall–Kier alpha value is -5.01. The highest BCUT2D eigenvalue weighted by Gasteiger charge is 2.41. The molecule has 1 amide bonds. The molecule has 6 aromatic rings. The van der Waals surface area contributed by atoms with Crippen LogP contribution < -0.4 is 5.56 Å². The number of carbonyl (C=O) groups excluding carboxylic acids is 1. The van der Waals surface area contributed by atoms with E-state index in [4.69, 9.17) is 0 Å². The molecule has 0 bridgehead atoms. The van der Waals surface area contributed by atoms with E-state index < -0.39 is 5.60 Å². The predicted octanol–water partition coefficient (Wildman–Crippen LogP) is 5.17. The summed E-state index contributed by atoms with van der Waals surface area (Å²) in [7, 11) is 0. The summed E-state index contributed by atoms with van der Waals surface area (Å²) in [5, 5.41) is 22.7. The van der Waals surface area contributed by atoms with E-state index in [2.05, 4.69) is 38.1 Å². The number of aromatic nitrogens is 5. The summed E-state index contributed by atoms with van der Waals surface area (Å²) < 4.78 is 3.31. The summed E-state index contributed by atoms with van der Waals surface area (Å²) >= 11 is 1.69. The number of aliphatic hydroxyl groups excluding tert-OH is 1. The van der Waals surface area contributed by atoms with Crippen LogP contribution in [0.4, 0.5) is 0 Å². The van der Waals surface area contributed by atoms with Crippen molar-refractivity contribution in [2.45, 2.75) is 57.4 Å². The van der Waals surface area contributed by atoms with Crippen molar-refractivity contribution in [3.8, 4) is 16.3 Å². The Morgan fingerprint density at radius 1 is 0.962 bits per heavy atom. The Bertz CT molecular complexity index is 2280. The summed E-state index contributed by atoms with van der Waals surface area (Å²) in [6, 6.07) is 23.6. The number of carbonyl (C=O) groups is 1. The molecule has 6 heterocycles. The van der Waals surface area contributed by atoms with Crippen LogP contribution in [0.25, 0.3) is 27.3 Å². The Morgan fingerprint density at radius 2 is 1.79 bits per heavy atom. The monoisotopic (exact) mass is 729 g/mol. The van der Waals surface area contributed by atoms with Gasteiger partial charge in [0, 0.05) is 78.4 Å². The third-order valence-electron chi connectivity index (χ3n) is 10.8. The second kappa shape index (κ2) is 14.8. The first kappa shape index (κ1) is 35.0.